The molecule has 1 heterocycles. The first-order chi connectivity index (χ1) is 7.79. The van der Waals surface area contributed by atoms with Gasteiger partial charge in [0.2, 0.25) is 5.91 Å². The smallest absolute Gasteiger partial charge is 0.236 e. The number of hydrogen-bond donors (Lipinski definition) is 1. The van der Waals surface area contributed by atoms with Crippen molar-refractivity contribution in [3.63, 3.8) is 0 Å². The van der Waals surface area contributed by atoms with Gasteiger partial charge in [-0.05, 0) is 38.6 Å². The van der Waals surface area contributed by atoms with Crippen molar-refractivity contribution >= 4 is 5.91 Å². The van der Waals surface area contributed by atoms with E-state index in [4.69, 9.17) is 0 Å². The highest BCUT2D eigenvalue weighted by molar-refractivity contribution is 5.78. The second-order valence-corrected chi connectivity index (χ2v) is 4.68. The summed E-state index contributed by atoms with van der Waals surface area (Å²) in [6.07, 6.45) is 7.09. The van der Waals surface area contributed by atoms with Crippen LogP contribution in [0, 0.1) is 0 Å². The van der Waals surface area contributed by atoms with Gasteiger partial charge in [-0.25, -0.2) is 0 Å². The molecule has 0 bridgehead atoms. The minimum absolute atomic E-state index is 0.294. The van der Waals surface area contributed by atoms with Gasteiger partial charge in [0, 0.05) is 12.6 Å². The second kappa shape index (κ2) is 7.66. The van der Waals surface area contributed by atoms with Gasteiger partial charge >= 0.3 is 0 Å². The topological polar surface area (TPSA) is 32.3 Å². The van der Waals surface area contributed by atoms with Crippen LogP contribution in [0.25, 0.3) is 0 Å². The summed E-state index contributed by atoms with van der Waals surface area (Å²) in [5.74, 6) is 0.294. The van der Waals surface area contributed by atoms with Gasteiger partial charge in [0.05, 0.1) is 6.54 Å². The van der Waals surface area contributed by atoms with Crippen LogP contribution >= 0.6 is 0 Å². The molecule has 1 atom stereocenters. The van der Waals surface area contributed by atoms with Gasteiger partial charge in [-0.1, -0.05) is 20.3 Å². The first-order valence-corrected chi connectivity index (χ1v) is 6.79. The zero-order valence-corrected chi connectivity index (χ0v) is 10.8. The van der Waals surface area contributed by atoms with Crippen molar-refractivity contribution in [1.82, 2.24) is 10.2 Å². The number of nitrogens with zero attached hydrogens (tertiary/aromatic N) is 1. The number of carbonyl (C=O) groups excluding carboxylic acids is 1. The van der Waals surface area contributed by atoms with Crippen LogP contribution in [0.5, 0.6) is 0 Å². The summed E-state index contributed by atoms with van der Waals surface area (Å²) in [6, 6.07) is 0.495. The molecule has 1 aliphatic heterocycles. The SMILES string of the molecule is CCCCNCC(=O)N1CCCCC1CC. The van der Waals surface area contributed by atoms with E-state index in [1.807, 2.05) is 0 Å². The fourth-order valence-electron chi connectivity index (χ4n) is 2.35. The molecule has 3 heteroatoms. The summed E-state index contributed by atoms with van der Waals surface area (Å²) < 4.78 is 0. The monoisotopic (exact) mass is 226 g/mol. The number of likely N-dealkylation sites (tertiary alicyclic amines) is 1. The van der Waals surface area contributed by atoms with Gasteiger partial charge in [-0.3, -0.25) is 4.79 Å². The normalized spacial score (nSPS) is 21.1. The van der Waals surface area contributed by atoms with E-state index >= 15 is 0 Å². The maximum Gasteiger partial charge on any atom is 0.236 e. The molecule has 0 aromatic heterocycles. The standard InChI is InChI=1S/C13H26N2O/c1-3-5-9-14-11-13(16)15-10-7-6-8-12(15)4-2/h12,14H,3-11H2,1-2H3. The molecular formula is C13H26N2O. The van der Waals surface area contributed by atoms with Crippen molar-refractivity contribution in [3.05, 3.63) is 0 Å². The lowest BCUT2D eigenvalue weighted by atomic mass is 10.00. The predicted octanol–water partition coefficient (Wildman–Crippen LogP) is 2.17. The van der Waals surface area contributed by atoms with Gasteiger partial charge < -0.3 is 10.2 Å². The molecule has 94 valence electrons. The third-order valence-electron chi connectivity index (χ3n) is 3.40. The fraction of sp³-hybridized carbons (Fsp3) is 0.923. The zero-order chi connectivity index (χ0) is 11.8. The van der Waals surface area contributed by atoms with Gasteiger partial charge in [-0.2, -0.15) is 0 Å². The maximum absolute atomic E-state index is 12.0. The van der Waals surface area contributed by atoms with Crippen molar-refractivity contribution in [3.8, 4) is 0 Å². The van der Waals surface area contributed by atoms with E-state index in [2.05, 4.69) is 24.1 Å². The third-order valence-corrected chi connectivity index (χ3v) is 3.40. The van der Waals surface area contributed by atoms with Gasteiger partial charge in [-0.15, -0.1) is 0 Å². The summed E-state index contributed by atoms with van der Waals surface area (Å²) in [4.78, 5) is 14.1. The number of hydrogen-bond acceptors (Lipinski definition) is 2. The Bertz CT molecular complexity index is 206. The van der Waals surface area contributed by atoms with E-state index in [0.717, 1.165) is 25.9 Å². The minimum Gasteiger partial charge on any atom is -0.339 e. The highest BCUT2D eigenvalue weighted by Gasteiger charge is 2.24. The van der Waals surface area contributed by atoms with E-state index in [1.165, 1.54) is 25.7 Å². The number of amides is 1. The van der Waals surface area contributed by atoms with Crippen LogP contribution in [0.3, 0.4) is 0 Å². The van der Waals surface area contributed by atoms with Gasteiger partial charge in [0.1, 0.15) is 0 Å². The largest absolute Gasteiger partial charge is 0.339 e. The number of piperidine rings is 1. The Morgan fingerprint density at radius 3 is 2.88 bits per heavy atom. The number of nitrogens with one attached hydrogen (secondary N) is 1. The molecule has 1 unspecified atom stereocenters. The molecule has 0 spiro atoms. The Morgan fingerprint density at radius 2 is 2.19 bits per heavy atom. The molecule has 1 aliphatic rings. The molecule has 1 saturated heterocycles. The van der Waals surface area contributed by atoms with E-state index in [1.54, 1.807) is 0 Å². The molecule has 3 nitrogen and oxygen atoms in total. The molecule has 0 aliphatic carbocycles. The van der Waals surface area contributed by atoms with Gasteiger partial charge in [0.15, 0.2) is 0 Å². The van der Waals surface area contributed by atoms with Crippen LogP contribution < -0.4 is 5.32 Å². The molecule has 0 aromatic carbocycles. The highest BCUT2D eigenvalue weighted by atomic mass is 16.2. The maximum atomic E-state index is 12.0. The lowest BCUT2D eigenvalue weighted by Crippen LogP contribution is -2.47. The van der Waals surface area contributed by atoms with Crippen LogP contribution in [0.2, 0.25) is 0 Å². The van der Waals surface area contributed by atoms with Crippen LogP contribution in [-0.4, -0.2) is 36.5 Å². The first kappa shape index (κ1) is 13.5. The highest BCUT2D eigenvalue weighted by Crippen LogP contribution is 2.19. The van der Waals surface area contributed by atoms with Crippen LogP contribution in [0.15, 0.2) is 0 Å². The minimum atomic E-state index is 0.294. The Morgan fingerprint density at radius 1 is 1.38 bits per heavy atom. The van der Waals surface area contributed by atoms with Crippen LogP contribution in [-0.2, 0) is 4.79 Å². The molecule has 16 heavy (non-hydrogen) atoms. The summed E-state index contributed by atoms with van der Waals surface area (Å²) in [5.41, 5.74) is 0. The summed E-state index contributed by atoms with van der Waals surface area (Å²) in [5, 5.41) is 3.24. The molecule has 1 rings (SSSR count). The average molecular weight is 226 g/mol. The van der Waals surface area contributed by atoms with E-state index in [0.29, 0.717) is 18.5 Å². The number of rotatable bonds is 6. The second-order valence-electron chi connectivity index (χ2n) is 4.68. The van der Waals surface area contributed by atoms with Crippen LogP contribution in [0.4, 0.5) is 0 Å². The molecule has 0 aromatic rings. The van der Waals surface area contributed by atoms with Crippen molar-refractivity contribution in [2.45, 2.75) is 58.4 Å². The fourth-order valence-corrected chi connectivity index (χ4v) is 2.35. The Kier molecular flexibility index (Phi) is 6.46. The molecule has 1 amide bonds. The lowest BCUT2D eigenvalue weighted by molar-refractivity contribution is -0.133. The van der Waals surface area contributed by atoms with Crippen molar-refractivity contribution in [1.29, 1.82) is 0 Å². The molecule has 1 fully saturated rings. The van der Waals surface area contributed by atoms with Crippen molar-refractivity contribution < 1.29 is 4.79 Å². The third kappa shape index (κ3) is 4.12. The lowest BCUT2D eigenvalue weighted by Gasteiger charge is -2.35. The number of carbonyl (C=O) groups is 1. The van der Waals surface area contributed by atoms with E-state index < -0.39 is 0 Å². The Balaban J connectivity index is 2.27. The molecular weight excluding hydrogens is 200 g/mol. The summed E-state index contributed by atoms with van der Waals surface area (Å²) in [6.45, 7) is 6.80. The van der Waals surface area contributed by atoms with E-state index in [9.17, 15) is 4.79 Å². The van der Waals surface area contributed by atoms with Crippen molar-refractivity contribution in [2.24, 2.45) is 0 Å². The van der Waals surface area contributed by atoms with Crippen LogP contribution in [0.1, 0.15) is 52.4 Å². The molecule has 0 saturated carbocycles. The summed E-state index contributed by atoms with van der Waals surface area (Å²) in [7, 11) is 0. The number of unbranched alkanes of at least 4 members (excludes halogenated alkanes) is 1. The zero-order valence-electron chi connectivity index (χ0n) is 10.8. The molecule has 0 radical (unpaired) electrons. The average Bonchev–Trinajstić information content (AvgIpc) is 2.34. The van der Waals surface area contributed by atoms with Gasteiger partial charge in [0.25, 0.3) is 0 Å². The quantitative estimate of drug-likeness (QED) is 0.704. The Hall–Kier alpha value is -0.570. The predicted molar refractivity (Wildman–Crippen MR) is 67.4 cm³/mol. The summed E-state index contributed by atoms with van der Waals surface area (Å²) >= 11 is 0. The first-order valence-electron chi connectivity index (χ1n) is 6.79. The van der Waals surface area contributed by atoms with Crippen molar-refractivity contribution in [2.75, 3.05) is 19.6 Å². The molecule has 1 N–H and O–H groups in total. The Labute approximate surface area is 99.6 Å². The van der Waals surface area contributed by atoms with E-state index in [-0.39, 0.29) is 0 Å².